The van der Waals surface area contributed by atoms with Gasteiger partial charge in [-0.25, -0.2) is 4.79 Å². The van der Waals surface area contributed by atoms with Gasteiger partial charge in [0.05, 0.1) is 7.11 Å². The van der Waals surface area contributed by atoms with E-state index in [-0.39, 0.29) is 0 Å². The number of methoxy groups -OCH3 is 1. The number of carbonyl (C=O) groups is 1. The Balaban J connectivity index is 2.89. The Morgan fingerprint density at radius 1 is 1.54 bits per heavy atom. The van der Waals surface area contributed by atoms with E-state index in [0.717, 1.165) is 10.4 Å². The summed E-state index contributed by atoms with van der Waals surface area (Å²) in [5.41, 5.74) is 0.910. The van der Waals surface area contributed by atoms with Crippen molar-refractivity contribution in [3.63, 3.8) is 0 Å². The minimum atomic E-state index is -0.497. The number of esters is 1. The van der Waals surface area contributed by atoms with Crippen LogP contribution in [-0.2, 0) is 9.53 Å². The molecule has 68 valence electrons. The summed E-state index contributed by atoms with van der Waals surface area (Å²) in [4.78, 5) is 13.0. The largest absolute Gasteiger partial charge is 0.459 e. The Hall–Kier alpha value is -1.27. The topological polar surface area (TPSA) is 26.3 Å². The fourth-order valence-corrected chi connectivity index (χ4v) is 1.80. The van der Waals surface area contributed by atoms with E-state index in [2.05, 4.69) is 16.6 Å². The molecule has 0 saturated heterocycles. The van der Waals surface area contributed by atoms with Gasteiger partial charge in [0.25, 0.3) is 0 Å². The highest BCUT2D eigenvalue weighted by Gasteiger charge is 1.99. The van der Waals surface area contributed by atoms with E-state index in [9.17, 15) is 4.79 Å². The second kappa shape index (κ2) is 4.11. The van der Waals surface area contributed by atoms with Gasteiger partial charge >= 0.3 is 5.97 Å². The average Bonchev–Trinajstić information content (AvgIpc) is 2.41. The van der Waals surface area contributed by atoms with E-state index in [4.69, 9.17) is 0 Å². The van der Waals surface area contributed by atoms with Crippen molar-refractivity contribution in [2.45, 2.75) is 13.8 Å². The summed E-state index contributed by atoms with van der Waals surface area (Å²) in [5.74, 6) is 4.67. The Kier molecular flexibility index (Phi) is 3.10. The third-order valence-corrected chi connectivity index (χ3v) is 2.49. The maximum absolute atomic E-state index is 10.7. The zero-order valence-corrected chi connectivity index (χ0v) is 8.62. The smallest absolute Gasteiger partial charge is 0.384 e. The molecule has 13 heavy (non-hydrogen) atoms. The standard InChI is InChI=1S/C10H10O2S/c1-7-6-9(8(2)13-7)4-5-10(11)12-3/h6H,1-3H3. The summed E-state index contributed by atoms with van der Waals surface area (Å²) < 4.78 is 4.41. The van der Waals surface area contributed by atoms with Gasteiger partial charge in [0.15, 0.2) is 0 Å². The summed E-state index contributed by atoms with van der Waals surface area (Å²) in [7, 11) is 1.32. The molecule has 0 spiro atoms. The zero-order valence-electron chi connectivity index (χ0n) is 7.80. The Labute approximate surface area is 81.5 Å². The lowest BCUT2D eigenvalue weighted by molar-refractivity contribution is -0.133. The summed E-state index contributed by atoms with van der Waals surface area (Å²) in [6.45, 7) is 4.00. The minimum absolute atomic E-state index is 0.497. The van der Waals surface area contributed by atoms with Crippen LogP contribution in [0.4, 0.5) is 0 Å². The van der Waals surface area contributed by atoms with Gasteiger partial charge in [-0.05, 0) is 19.9 Å². The zero-order chi connectivity index (χ0) is 9.84. The quantitative estimate of drug-likeness (QED) is 0.465. The number of hydrogen-bond acceptors (Lipinski definition) is 3. The molecule has 0 radical (unpaired) electrons. The summed E-state index contributed by atoms with van der Waals surface area (Å²) in [5, 5.41) is 0. The van der Waals surface area contributed by atoms with Crippen LogP contribution in [0, 0.1) is 25.7 Å². The second-order valence-electron chi connectivity index (χ2n) is 2.57. The molecule has 0 saturated carbocycles. The first-order valence-corrected chi connectivity index (χ1v) is 4.62. The molecular formula is C10H10O2S. The number of aryl methyl sites for hydroxylation is 2. The molecule has 0 N–H and O–H groups in total. The summed E-state index contributed by atoms with van der Waals surface area (Å²) in [6, 6.07) is 1.97. The van der Waals surface area contributed by atoms with Crippen LogP contribution in [0.3, 0.4) is 0 Å². The van der Waals surface area contributed by atoms with E-state index < -0.39 is 5.97 Å². The van der Waals surface area contributed by atoms with E-state index in [1.165, 1.54) is 12.0 Å². The SMILES string of the molecule is COC(=O)C#Cc1cc(C)sc1C. The number of thiophene rings is 1. The van der Waals surface area contributed by atoms with Crippen LogP contribution in [0.15, 0.2) is 6.07 Å². The van der Waals surface area contributed by atoms with Crippen LogP contribution in [0.1, 0.15) is 15.3 Å². The molecule has 0 atom stereocenters. The van der Waals surface area contributed by atoms with E-state index in [0.29, 0.717) is 0 Å². The fraction of sp³-hybridized carbons (Fsp3) is 0.300. The third kappa shape index (κ3) is 2.60. The van der Waals surface area contributed by atoms with E-state index in [1.807, 2.05) is 19.9 Å². The third-order valence-electron chi connectivity index (χ3n) is 1.53. The first kappa shape index (κ1) is 9.82. The van der Waals surface area contributed by atoms with Gasteiger partial charge < -0.3 is 4.74 Å². The molecule has 0 aliphatic rings. The van der Waals surface area contributed by atoms with Crippen molar-refractivity contribution in [1.29, 1.82) is 0 Å². The molecule has 0 aliphatic carbocycles. The molecule has 0 amide bonds. The van der Waals surface area contributed by atoms with Crippen molar-refractivity contribution in [3.8, 4) is 11.8 Å². The molecule has 1 aromatic rings. The molecular weight excluding hydrogens is 184 g/mol. The monoisotopic (exact) mass is 194 g/mol. The molecule has 0 aliphatic heterocycles. The normalized spacial score (nSPS) is 8.85. The lowest BCUT2D eigenvalue weighted by atomic mass is 10.2. The van der Waals surface area contributed by atoms with Gasteiger partial charge in [-0.2, -0.15) is 0 Å². The molecule has 0 fully saturated rings. The molecule has 1 heterocycles. The van der Waals surface area contributed by atoms with Crippen molar-refractivity contribution in [3.05, 3.63) is 21.4 Å². The van der Waals surface area contributed by atoms with Gasteiger partial charge in [-0.15, -0.1) is 11.3 Å². The minimum Gasteiger partial charge on any atom is -0.459 e. The highest BCUT2D eigenvalue weighted by molar-refractivity contribution is 7.12. The molecule has 2 nitrogen and oxygen atoms in total. The van der Waals surface area contributed by atoms with Crippen LogP contribution in [0.2, 0.25) is 0 Å². The highest BCUT2D eigenvalue weighted by Crippen LogP contribution is 2.19. The maximum atomic E-state index is 10.7. The molecule has 1 rings (SSSR count). The van der Waals surface area contributed by atoms with Crippen LogP contribution in [0.5, 0.6) is 0 Å². The van der Waals surface area contributed by atoms with Gasteiger partial charge in [0.2, 0.25) is 0 Å². The Morgan fingerprint density at radius 3 is 2.69 bits per heavy atom. The number of carbonyl (C=O) groups excluding carboxylic acids is 1. The Morgan fingerprint density at radius 2 is 2.23 bits per heavy atom. The lowest BCUT2D eigenvalue weighted by Gasteiger charge is -1.85. The number of hydrogen-bond donors (Lipinski definition) is 0. The molecule has 3 heteroatoms. The van der Waals surface area contributed by atoms with Crippen LogP contribution >= 0.6 is 11.3 Å². The fourth-order valence-electron chi connectivity index (χ4n) is 0.924. The van der Waals surface area contributed by atoms with Gasteiger partial charge in [0.1, 0.15) is 0 Å². The second-order valence-corrected chi connectivity index (χ2v) is 4.03. The van der Waals surface area contributed by atoms with E-state index >= 15 is 0 Å². The number of rotatable bonds is 0. The first-order chi connectivity index (χ1) is 6.13. The lowest BCUT2D eigenvalue weighted by Crippen LogP contribution is -1.94. The van der Waals surface area contributed by atoms with Gasteiger partial charge in [-0.1, -0.05) is 5.92 Å². The van der Waals surface area contributed by atoms with Crippen molar-refractivity contribution in [1.82, 2.24) is 0 Å². The van der Waals surface area contributed by atoms with Crippen molar-refractivity contribution < 1.29 is 9.53 Å². The molecule has 0 aromatic carbocycles. The maximum Gasteiger partial charge on any atom is 0.384 e. The highest BCUT2D eigenvalue weighted by atomic mass is 32.1. The summed E-state index contributed by atoms with van der Waals surface area (Å²) >= 11 is 1.67. The molecule has 1 aromatic heterocycles. The van der Waals surface area contributed by atoms with E-state index in [1.54, 1.807) is 11.3 Å². The van der Waals surface area contributed by atoms with Gasteiger partial charge in [-0.3, -0.25) is 0 Å². The van der Waals surface area contributed by atoms with Crippen LogP contribution in [-0.4, -0.2) is 13.1 Å². The average molecular weight is 194 g/mol. The predicted octanol–water partition coefficient (Wildman–Crippen LogP) is 1.89. The van der Waals surface area contributed by atoms with Crippen LogP contribution in [0.25, 0.3) is 0 Å². The van der Waals surface area contributed by atoms with Gasteiger partial charge in [0, 0.05) is 21.2 Å². The van der Waals surface area contributed by atoms with Crippen molar-refractivity contribution in [2.75, 3.05) is 7.11 Å². The van der Waals surface area contributed by atoms with Crippen LogP contribution < -0.4 is 0 Å². The Bertz CT molecular complexity index is 379. The molecule has 0 bridgehead atoms. The van der Waals surface area contributed by atoms with Crippen molar-refractivity contribution >= 4 is 17.3 Å². The predicted molar refractivity (Wildman–Crippen MR) is 52.7 cm³/mol. The van der Waals surface area contributed by atoms with Crippen molar-refractivity contribution in [2.24, 2.45) is 0 Å². The first-order valence-electron chi connectivity index (χ1n) is 3.80. The molecule has 0 unspecified atom stereocenters. The summed E-state index contributed by atoms with van der Waals surface area (Å²) in [6.07, 6.45) is 0. The number of ether oxygens (including phenoxy) is 1.